The first-order valence-electron chi connectivity index (χ1n) is 8.59. The van der Waals surface area contributed by atoms with Gasteiger partial charge in [-0.05, 0) is 50.4 Å². The lowest BCUT2D eigenvalue weighted by atomic mass is 10.00. The molecule has 4 nitrogen and oxygen atoms in total. The summed E-state index contributed by atoms with van der Waals surface area (Å²) >= 11 is 1.49. The average Bonchev–Trinajstić information content (AvgIpc) is 3.06. The minimum absolute atomic E-state index is 0. The quantitative estimate of drug-likeness (QED) is 0.797. The number of hydrogen-bond acceptors (Lipinski definition) is 4. The van der Waals surface area contributed by atoms with Crippen LogP contribution in [0.3, 0.4) is 0 Å². The highest BCUT2D eigenvalue weighted by Crippen LogP contribution is 2.36. The molecule has 1 unspecified atom stereocenters. The van der Waals surface area contributed by atoms with Gasteiger partial charge in [-0.1, -0.05) is 30.3 Å². The summed E-state index contributed by atoms with van der Waals surface area (Å²) in [6.07, 6.45) is 2.35. The molecule has 6 heteroatoms. The lowest BCUT2D eigenvalue weighted by Gasteiger charge is -2.22. The number of nitrogens with one attached hydrogen (secondary N) is 2. The molecule has 0 aliphatic carbocycles. The van der Waals surface area contributed by atoms with E-state index in [1.807, 2.05) is 31.2 Å². The van der Waals surface area contributed by atoms with Gasteiger partial charge >= 0.3 is 0 Å². The first kappa shape index (κ1) is 19.8. The largest absolute Gasteiger partial charge is 0.492 e. The van der Waals surface area contributed by atoms with Crippen molar-refractivity contribution in [2.24, 2.45) is 5.92 Å². The molecule has 1 atom stereocenters. The molecule has 1 amide bonds. The normalized spacial score (nSPS) is 16.8. The molecule has 136 valence electrons. The summed E-state index contributed by atoms with van der Waals surface area (Å²) < 4.78 is 5.69. The second kappa shape index (κ2) is 9.80. The van der Waals surface area contributed by atoms with Gasteiger partial charge in [-0.3, -0.25) is 4.79 Å². The summed E-state index contributed by atoms with van der Waals surface area (Å²) in [5.41, 5.74) is 1.11. The van der Waals surface area contributed by atoms with Crippen molar-refractivity contribution < 1.29 is 9.53 Å². The number of benzene rings is 1. The predicted molar refractivity (Wildman–Crippen MR) is 106 cm³/mol. The van der Waals surface area contributed by atoms with Crippen LogP contribution in [0.15, 0.2) is 36.4 Å². The van der Waals surface area contributed by atoms with Crippen LogP contribution in [0.25, 0.3) is 10.4 Å². The molecule has 2 aromatic rings. The standard InChI is InChI=1S/C19H24N2O2S.ClH/c1-2-23-16-11-17(15-8-4-3-5-9-15)24-18(16)19(22)21-13-14-7-6-10-20-12-14;/h3-5,8-9,11,14,20H,2,6-7,10,12-13H2,1H3,(H,21,22);1H. The Kier molecular flexibility index (Phi) is 7.75. The van der Waals surface area contributed by atoms with E-state index in [-0.39, 0.29) is 18.3 Å². The molecule has 2 N–H and O–H groups in total. The fourth-order valence-electron chi connectivity index (χ4n) is 2.96. The van der Waals surface area contributed by atoms with Crippen molar-refractivity contribution in [2.75, 3.05) is 26.2 Å². The molecule has 0 spiro atoms. The number of ether oxygens (including phenoxy) is 1. The van der Waals surface area contributed by atoms with Crippen LogP contribution in [0.1, 0.15) is 29.4 Å². The second-order valence-corrected chi connectivity index (χ2v) is 7.08. The molecule has 1 aliphatic rings. The number of carbonyl (C=O) groups excluding carboxylic acids is 1. The van der Waals surface area contributed by atoms with Crippen molar-refractivity contribution in [3.8, 4) is 16.2 Å². The monoisotopic (exact) mass is 380 g/mol. The highest BCUT2D eigenvalue weighted by atomic mass is 35.5. The van der Waals surface area contributed by atoms with Crippen LogP contribution < -0.4 is 15.4 Å². The van der Waals surface area contributed by atoms with E-state index in [0.717, 1.165) is 30.1 Å². The van der Waals surface area contributed by atoms with Gasteiger partial charge in [-0.25, -0.2) is 0 Å². The number of carbonyl (C=O) groups is 1. The van der Waals surface area contributed by atoms with Crippen LogP contribution in [0.5, 0.6) is 5.75 Å². The minimum Gasteiger partial charge on any atom is -0.492 e. The summed E-state index contributed by atoms with van der Waals surface area (Å²) in [6, 6.07) is 12.1. The van der Waals surface area contributed by atoms with E-state index < -0.39 is 0 Å². The zero-order valence-electron chi connectivity index (χ0n) is 14.4. The Morgan fingerprint density at radius 2 is 2.16 bits per heavy atom. The van der Waals surface area contributed by atoms with E-state index in [0.29, 0.717) is 23.2 Å². The molecule has 1 aliphatic heterocycles. The van der Waals surface area contributed by atoms with Crippen LogP contribution in [0, 0.1) is 5.92 Å². The highest BCUT2D eigenvalue weighted by molar-refractivity contribution is 7.17. The Morgan fingerprint density at radius 3 is 2.84 bits per heavy atom. The summed E-state index contributed by atoms with van der Waals surface area (Å²) in [6.45, 7) is 5.28. The minimum atomic E-state index is -0.0313. The first-order chi connectivity index (χ1) is 11.8. The van der Waals surface area contributed by atoms with Gasteiger partial charge in [0.05, 0.1) is 6.61 Å². The number of rotatable bonds is 6. The van der Waals surface area contributed by atoms with Gasteiger partial charge in [0.15, 0.2) is 0 Å². The Morgan fingerprint density at radius 1 is 1.36 bits per heavy atom. The number of amides is 1. The maximum atomic E-state index is 12.6. The predicted octanol–water partition coefficient (Wildman–Crippen LogP) is 3.97. The zero-order valence-corrected chi connectivity index (χ0v) is 16.1. The summed E-state index contributed by atoms with van der Waals surface area (Å²) in [4.78, 5) is 14.4. The van der Waals surface area contributed by atoms with Crippen LogP contribution >= 0.6 is 23.7 Å². The Balaban J connectivity index is 0.00000225. The fourth-order valence-corrected chi connectivity index (χ4v) is 3.98. The van der Waals surface area contributed by atoms with Crippen LogP contribution in [-0.2, 0) is 0 Å². The lowest BCUT2D eigenvalue weighted by Crippen LogP contribution is -2.38. The van der Waals surface area contributed by atoms with Gasteiger partial charge in [0, 0.05) is 11.4 Å². The van der Waals surface area contributed by atoms with Gasteiger partial charge in [-0.15, -0.1) is 23.7 Å². The Labute approximate surface area is 159 Å². The zero-order chi connectivity index (χ0) is 16.8. The molecule has 1 fully saturated rings. The average molecular weight is 381 g/mol. The SMILES string of the molecule is CCOc1cc(-c2ccccc2)sc1C(=O)NCC1CCCNC1.Cl. The van der Waals surface area contributed by atoms with Crippen molar-refractivity contribution in [1.29, 1.82) is 0 Å². The molecular formula is C19H25ClN2O2S. The van der Waals surface area contributed by atoms with E-state index in [9.17, 15) is 4.79 Å². The van der Waals surface area contributed by atoms with Crippen LogP contribution in [-0.4, -0.2) is 32.1 Å². The number of hydrogen-bond donors (Lipinski definition) is 2. The van der Waals surface area contributed by atoms with Crippen LogP contribution in [0.4, 0.5) is 0 Å². The molecular weight excluding hydrogens is 356 g/mol. The van der Waals surface area contributed by atoms with E-state index in [4.69, 9.17) is 4.74 Å². The lowest BCUT2D eigenvalue weighted by molar-refractivity contribution is 0.0945. The molecule has 0 bridgehead atoms. The molecule has 25 heavy (non-hydrogen) atoms. The molecule has 3 rings (SSSR count). The van der Waals surface area contributed by atoms with Gasteiger partial charge in [0.25, 0.3) is 5.91 Å². The van der Waals surface area contributed by atoms with E-state index in [2.05, 4.69) is 22.8 Å². The maximum Gasteiger partial charge on any atom is 0.265 e. The smallest absolute Gasteiger partial charge is 0.265 e. The van der Waals surface area contributed by atoms with Gasteiger partial charge in [-0.2, -0.15) is 0 Å². The highest BCUT2D eigenvalue weighted by Gasteiger charge is 2.20. The van der Waals surface area contributed by atoms with E-state index in [1.165, 1.54) is 24.2 Å². The van der Waals surface area contributed by atoms with Gasteiger partial charge in [0.2, 0.25) is 0 Å². The number of halogens is 1. The fraction of sp³-hybridized carbons (Fsp3) is 0.421. The van der Waals surface area contributed by atoms with Gasteiger partial charge in [0.1, 0.15) is 10.6 Å². The Hall–Kier alpha value is -1.56. The maximum absolute atomic E-state index is 12.6. The number of piperidine rings is 1. The second-order valence-electron chi connectivity index (χ2n) is 6.03. The summed E-state index contributed by atoms with van der Waals surface area (Å²) in [5.74, 6) is 1.17. The van der Waals surface area contributed by atoms with Crippen molar-refractivity contribution in [3.05, 3.63) is 41.3 Å². The third-order valence-corrected chi connectivity index (χ3v) is 5.38. The third-order valence-electron chi connectivity index (χ3n) is 4.21. The van der Waals surface area contributed by atoms with Crippen molar-refractivity contribution in [3.63, 3.8) is 0 Å². The topological polar surface area (TPSA) is 50.4 Å². The summed E-state index contributed by atoms with van der Waals surface area (Å²) in [5, 5.41) is 6.47. The summed E-state index contributed by atoms with van der Waals surface area (Å²) in [7, 11) is 0. The molecule has 0 radical (unpaired) electrons. The Bertz CT molecular complexity index is 669. The van der Waals surface area contributed by atoms with Crippen molar-refractivity contribution >= 4 is 29.7 Å². The molecule has 1 aromatic heterocycles. The van der Waals surface area contributed by atoms with E-state index >= 15 is 0 Å². The molecule has 2 heterocycles. The van der Waals surface area contributed by atoms with Crippen molar-refractivity contribution in [2.45, 2.75) is 19.8 Å². The molecule has 1 aromatic carbocycles. The number of thiophene rings is 1. The molecule has 0 saturated carbocycles. The van der Waals surface area contributed by atoms with Gasteiger partial charge < -0.3 is 15.4 Å². The first-order valence-corrected chi connectivity index (χ1v) is 9.40. The molecule has 1 saturated heterocycles. The van der Waals surface area contributed by atoms with Crippen molar-refractivity contribution in [1.82, 2.24) is 10.6 Å². The van der Waals surface area contributed by atoms with E-state index in [1.54, 1.807) is 0 Å². The van der Waals surface area contributed by atoms with Crippen LogP contribution in [0.2, 0.25) is 0 Å². The third kappa shape index (κ3) is 5.21.